The number of carbonyl (C=O) groups is 1. The zero-order chi connectivity index (χ0) is 16.8. The summed E-state index contributed by atoms with van der Waals surface area (Å²) in [5.41, 5.74) is 0.718. The number of hydrogen-bond donors (Lipinski definition) is 2. The van der Waals surface area contributed by atoms with Crippen molar-refractivity contribution in [3.63, 3.8) is 0 Å². The number of hydrogen-bond acceptors (Lipinski definition) is 6. The Morgan fingerprint density at radius 1 is 1.33 bits per heavy atom. The van der Waals surface area contributed by atoms with Gasteiger partial charge < -0.3 is 24.3 Å². The Hall–Kier alpha value is -3.29. The van der Waals surface area contributed by atoms with Crippen LogP contribution in [-0.2, 0) is 6.54 Å². The van der Waals surface area contributed by atoms with E-state index in [-0.39, 0.29) is 11.6 Å². The number of carbonyl (C=O) groups excluding carboxylic acids is 1. The zero-order valence-electron chi connectivity index (χ0n) is 12.8. The van der Waals surface area contributed by atoms with Crippen LogP contribution in [0.4, 0.5) is 4.79 Å². The summed E-state index contributed by atoms with van der Waals surface area (Å²) in [5, 5.41) is 15.6. The van der Waals surface area contributed by atoms with Gasteiger partial charge in [-0.25, -0.2) is 9.78 Å². The number of nitrogens with zero attached hydrogens (tertiary/aromatic N) is 3. The molecule has 3 aromatic rings. The number of ether oxygens (including phenoxy) is 1. The molecule has 0 saturated heterocycles. The average molecular weight is 328 g/mol. The lowest BCUT2D eigenvalue weighted by Crippen LogP contribution is -2.28. The highest BCUT2D eigenvalue weighted by atomic mass is 16.6. The molecule has 24 heavy (non-hydrogen) atoms. The van der Waals surface area contributed by atoms with Crippen molar-refractivity contribution in [1.82, 2.24) is 20.0 Å². The van der Waals surface area contributed by atoms with Gasteiger partial charge in [0.25, 0.3) is 5.88 Å². The van der Waals surface area contributed by atoms with E-state index in [0.29, 0.717) is 12.3 Å². The number of imidazole rings is 1. The Labute approximate surface area is 137 Å². The second-order valence-corrected chi connectivity index (χ2v) is 5.05. The summed E-state index contributed by atoms with van der Waals surface area (Å²) in [6, 6.07) is 7.93. The van der Waals surface area contributed by atoms with Crippen LogP contribution in [0, 0.1) is 0 Å². The first-order valence-electron chi connectivity index (χ1n) is 7.38. The van der Waals surface area contributed by atoms with E-state index in [9.17, 15) is 9.90 Å². The summed E-state index contributed by atoms with van der Waals surface area (Å²) in [7, 11) is 0. The summed E-state index contributed by atoms with van der Waals surface area (Å²) >= 11 is 0. The van der Waals surface area contributed by atoms with Crippen molar-refractivity contribution < 1.29 is 19.2 Å². The van der Waals surface area contributed by atoms with Crippen LogP contribution < -0.4 is 10.1 Å². The predicted molar refractivity (Wildman–Crippen MR) is 84.5 cm³/mol. The van der Waals surface area contributed by atoms with Gasteiger partial charge in [0.1, 0.15) is 5.75 Å². The first-order valence-corrected chi connectivity index (χ1v) is 7.38. The van der Waals surface area contributed by atoms with Crippen LogP contribution in [0.2, 0.25) is 0 Å². The van der Waals surface area contributed by atoms with Crippen LogP contribution in [0.25, 0.3) is 11.3 Å². The quantitative estimate of drug-likeness (QED) is 0.674. The fourth-order valence-corrected chi connectivity index (χ4v) is 2.07. The first-order chi connectivity index (χ1) is 11.7. The maximum absolute atomic E-state index is 11.7. The third kappa shape index (κ3) is 4.13. The summed E-state index contributed by atoms with van der Waals surface area (Å²) in [6.45, 7) is 1.23. The third-order valence-electron chi connectivity index (χ3n) is 3.26. The summed E-state index contributed by atoms with van der Waals surface area (Å²) in [6.07, 6.45) is 5.45. The maximum atomic E-state index is 11.7. The van der Waals surface area contributed by atoms with Crippen LogP contribution in [0.1, 0.15) is 6.42 Å². The molecular weight excluding hydrogens is 312 g/mol. The Kier molecular flexibility index (Phi) is 4.76. The molecule has 0 bridgehead atoms. The molecule has 8 nitrogen and oxygen atoms in total. The molecule has 0 spiro atoms. The fraction of sp³-hybridized carbons (Fsp3) is 0.188. The largest absolute Gasteiger partial charge is 0.508 e. The topological polar surface area (TPSA) is 102 Å². The van der Waals surface area contributed by atoms with Crippen molar-refractivity contribution in [2.75, 3.05) is 6.54 Å². The Morgan fingerprint density at radius 2 is 2.17 bits per heavy atom. The van der Waals surface area contributed by atoms with E-state index < -0.39 is 6.09 Å². The van der Waals surface area contributed by atoms with Crippen LogP contribution in [0.15, 0.2) is 53.6 Å². The number of phenols is 1. The number of rotatable bonds is 6. The maximum Gasteiger partial charge on any atom is 0.414 e. The highest BCUT2D eigenvalue weighted by molar-refractivity contribution is 5.70. The number of benzene rings is 1. The van der Waals surface area contributed by atoms with E-state index >= 15 is 0 Å². The van der Waals surface area contributed by atoms with Crippen LogP contribution in [-0.4, -0.2) is 32.5 Å². The highest BCUT2D eigenvalue weighted by Crippen LogP contribution is 2.25. The van der Waals surface area contributed by atoms with E-state index in [0.717, 1.165) is 18.5 Å². The van der Waals surface area contributed by atoms with E-state index in [1.807, 2.05) is 10.8 Å². The van der Waals surface area contributed by atoms with Crippen LogP contribution in [0.3, 0.4) is 0 Å². The molecule has 124 valence electrons. The normalized spacial score (nSPS) is 10.5. The lowest BCUT2D eigenvalue weighted by molar-refractivity contribution is 0.195. The van der Waals surface area contributed by atoms with Crippen molar-refractivity contribution >= 4 is 6.09 Å². The van der Waals surface area contributed by atoms with Gasteiger partial charge in [-0.3, -0.25) is 0 Å². The van der Waals surface area contributed by atoms with Crippen molar-refractivity contribution in [3.8, 4) is 23.0 Å². The zero-order valence-corrected chi connectivity index (χ0v) is 12.8. The molecule has 0 aliphatic carbocycles. The van der Waals surface area contributed by atoms with Crippen LogP contribution in [0.5, 0.6) is 11.6 Å². The van der Waals surface area contributed by atoms with E-state index in [1.165, 1.54) is 18.2 Å². The van der Waals surface area contributed by atoms with Crippen molar-refractivity contribution in [1.29, 1.82) is 0 Å². The second-order valence-electron chi connectivity index (χ2n) is 5.05. The Bertz CT molecular complexity index is 781. The minimum Gasteiger partial charge on any atom is -0.508 e. The molecular formula is C16H16N4O4. The molecule has 2 heterocycles. The summed E-state index contributed by atoms with van der Waals surface area (Å²) in [5.74, 6) is 0.674. The molecule has 3 rings (SSSR count). The molecule has 1 amide bonds. The average Bonchev–Trinajstić information content (AvgIpc) is 3.24. The van der Waals surface area contributed by atoms with Gasteiger partial charge in [-0.05, 0) is 35.8 Å². The molecule has 0 saturated carbocycles. The van der Waals surface area contributed by atoms with Gasteiger partial charge in [0.05, 0.1) is 12.4 Å². The Morgan fingerprint density at radius 3 is 2.92 bits per heavy atom. The van der Waals surface area contributed by atoms with Crippen LogP contribution >= 0.6 is 0 Å². The minimum atomic E-state index is -0.591. The Balaban J connectivity index is 1.45. The van der Waals surface area contributed by atoms with Gasteiger partial charge in [-0.15, -0.1) is 0 Å². The SMILES string of the molecule is O=C(NCCCn1ccnc1)Oc1cc(-c2ccc(O)cc2)on1. The number of phenolic OH excluding ortho intramolecular Hbond substituents is 1. The first kappa shape index (κ1) is 15.6. The second kappa shape index (κ2) is 7.32. The number of aromatic nitrogens is 3. The van der Waals surface area contributed by atoms with Gasteiger partial charge in [0.15, 0.2) is 5.76 Å². The van der Waals surface area contributed by atoms with Gasteiger partial charge >= 0.3 is 6.09 Å². The lowest BCUT2D eigenvalue weighted by Gasteiger charge is -2.04. The molecule has 0 radical (unpaired) electrons. The standard InChI is InChI=1S/C16H16N4O4/c21-13-4-2-12(3-5-13)14-10-15(19-24-14)23-16(22)18-6-1-8-20-9-7-17-11-20/h2-5,7,9-11,21H,1,6,8H2,(H,18,22). The molecule has 8 heteroatoms. The summed E-state index contributed by atoms with van der Waals surface area (Å²) in [4.78, 5) is 15.6. The molecule has 2 N–H and O–H groups in total. The molecule has 1 aromatic carbocycles. The molecule has 0 atom stereocenters. The van der Waals surface area contributed by atoms with Gasteiger partial charge in [-0.1, -0.05) is 0 Å². The predicted octanol–water partition coefficient (Wildman–Crippen LogP) is 2.42. The lowest BCUT2D eigenvalue weighted by atomic mass is 10.2. The molecule has 0 aliphatic heterocycles. The molecule has 2 aromatic heterocycles. The van der Waals surface area contributed by atoms with Gasteiger partial charge in [0.2, 0.25) is 0 Å². The molecule has 0 fully saturated rings. The van der Waals surface area contributed by atoms with Gasteiger partial charge in [-0.2, -0.15) is 0 Å². The van der Waals surface area contributed by atoms with E-state index in [1.54, 1.807) is 24.7 Å². The number of aromatic hydroxyl groups is 1. The van der Waals surface area contributed by atoms with Crippen molar-refractivity contribution in [2.24, 2.45) is 0 Å². The van der Waals surface area contributed by atoms with E-state index in [2.05, 4.69) is 15.5 Å². The number of amides is 1. The highest BCUT2D eigenvalue weighted by Gasteiger charge is 2.11. The smallest absolute Gasteiger partial charge is 0.414 e. The van der Waals surface area contributed by atoms with Crippen molar-refractivity contribution in [3.05, 3.63) is 49.1 Å². The van der Waals surface area contributed by atoms with Gasteiger partial charge in [0, 0.05) is 31.0 Å². The number of nitrogens with one attached hydrogen (secondary N) is 1. The number of aryl methyl sites for hydroxylation is 1. The molecule has 0 unspecified atom stereocenters. The minimum absolute atomic E-state index is 0.0742. The fourth-order valence-electron chi connectivity index (χ4n) is 2.07. The summed E-state index contributed by atoms with van der Waals surface area (Å²) < 4.78 is 12.1. The monoisotopic (exact) mass is 328 g/mol. The van der Waals surface area contributed by atoms with Crippen molar-refractivity contribution in [2.45, 2.75) is 13.0 Å². The van der Waals surface area contributed by atoms with E-state index in [4.69, 9.17) is 9.26 Å². The third-order valence-corrected chi connectivity index (χ3v) is 3.26. The molecule has 0 aliphatic rings.